The number of hydrogen-bond acceptors (Lipinski definition) is 4. The molecule has 1 atom stereocenters. The Morgan fingerprint density at radius 1 is 1.03 bits per heavy atom. The highest BCUT2D eigenvalue weighted by molar-refractivity contribution is 6.30. The molecule has 1 aromatic heterocycles. The molecule has 29 heavy (non-hydrogen) atoms. The number of carbonyl (C=O) groups excluding carboxylic acids is 1. The summed E-state index contributed by atoms with van der Waals surface area (Å²) in [6.45, 7) is 2.02. The molecule has 0 radical (unpaired) electrons. The monoisotopic (exact) mass is 411 g/mol. The fourth-order valence-corrected chi connectivity index (χ4v) is 3.48. The van der Waals surface area contributed by atoms with Gasteiger partial charge >= 0.3 is 5.97 Å². The van der Waals surface area contributed by atoms with Gasteiger partial charge in [-0.2, -0.15) is 0 Å². The molecule has 2 aromatic carbocycles. The van der Waals surface area contributed by atoms with Gasteiger partial charge in [0.2, 0.25) is 0 Å². The van der Waals surface area contributed by atoms with Crippen LogP contribution in [0.15, 0.2) is 59.3 Å². The van der Waals surface area contributed by atoms with Gasteiger partial charge in [0.1, 0.15) is 11.5 Å². The Kier molecular flexibility index (Phi) is 6.83. The molecule has 0 unspecified atom stereocenters. The number of oxazole rings is 1. The molecule has 1 N–H and O–H groups in total. The van der Waals surface area contributed by atoms with E-state index in [4.69, 9.17) is 16.0 Å². The number of carboxylic acid groups (broad SMARTS) is 1. The quantitative estimate of drug-likeness (QED) is 0.539. The summed E-state index contributed by atoms with van der Waals surface area (Å²) in [5.74, 6) is -0.839. The molecule has 6 heteroatoms. The first-order valence-corrected chi connectivity index (χ1v) is 9.76. The Morgan fingerprint density at radius 3 is 2.34 bits per heavy atom. The van der Waals surface area contributed by atoms with Crippen LogP contribution in [0.3, 0.4) is 0 Å². The number of hydrogen-bond donors (Lipinski definition) is 1. The average Bonchev–Trinajstić information content (AvgIpc) is 3.14. The first kappa shape index (κ1) is 20.8. The van der Waals surface area contributed by atoms with Crippen LogP contribution in [0, 0.1) is 12.8 Å². The van der Waals surface area contributed by atoms with Crippen LogP contribution in [-0.2, 0) is 24.1 Å². The van der Waals surface area contributed by atoms with Gasteiger partial charge in [0, 0.05) is 24.3 Å². The van der Waals surface area contributed by atoms with Gasteiger partial charge in [-0.3, -0.25) is 4.79 Å². The number of carbonyl (C=O) groups is 2. The van der Waals surface area contributed by atoms with Crippen LogP contribution in [0.1, 0.15) is 39.4 Å². The van der Waals surface area contributed by atoms with Gasteiger partial charge in [0.05, 0.1) is 0 Å². The van der Waals surface area contributed by atoms with Crippen LogP contribution in [0.25, 0.3) is 0 Å². The summed E-state index contributed by atoms with van der Waals surface area (Å²) >= 11 is 5.90. The third-order valence-corrected chi connectivity index (χ3v) is 5.05. The third kappa shape index (κ3) is 6.03. The number of aryl methyl sites for hydroxylation is 1. The maximum atomic E-state index is 12.7. The molecule has 0 saturated carbocycles. The second-order valence-corrected chi connectivity index (χ2v) is 7.67. The highest BCUT2D eigenvalue weighted by Gasteiger charge is 2.22. The average molecular weight is 412 g/mol. The minimum Gasteiger partial charge on any atom is -0.476 e. The number of benzene rings is 2. The van der Waals surface area contributed by atoms with Gasteiger partial charge in [0.25, 0.3) is 0 Å². The Balaban J connectivity index is 1.74. The van der Waals surface area contributed by atoms with E-state index in [2.05, 4.69) is 4.98 Å². The van der Waals surface area contributed by atoms with Crippen LogP contribution in [0.5, 0.6) is 0 Å². The molecule has 0 bridgehead atoms. The smallest absolute Gasteiger partial charge is 0.358 e. The van der Waals surface area contributed by atoms with Gasteiger partial charge in [-0.1, -0.05) is 53.6 Å². The third-order valence-electron chi connectivity index (χ3n) is 4.79. The number of aromatic nitrogens is 1. The molecule has 5 nitrogen and oxygen atoms in total. The summed E-state index contributed by atoms with van der Waals surface area (Å²) < 4.78 is 5.31. The number of nitrogens with zero attached hydrogens (tertiary/aromatic N) is 1. The zero-order valence-electron chi connectivity index (χ0n) is 16.1. The predicted octanol–water partition coefficient (Wildman–Crippen LogP) is 4.94. The Labute approximate surface area is 174 Å². The fraction of sp³-hybridized carbons (Fsp3) is 0.261. The van der Waals surface area contributed by atoms with Crippen molar-refractivity contribution in [3.8, 4) is 0 Å². The Bertz CT molecular complexity index is 977. The van der Waals surface area contributed by atoms with E-state index in [-0.39, 0.29) is 17.4 Å². The minimum absolute atomic E-state index is 0.0841. The first-order valence-electron chi connectivity index (χ1n) is 9.38. The van der Waals surface area contributed by atoms with Crippen molar-refractivity contribution in [1.29, 1.82) is 0 Å². The van der Waals surface area contributed by atoms with E-state index in [0.717, 1.165) is 23.1 Å². The molecule has 0 fully saturated rings. The van der Waals surface area contributed by atoms with E-state index in [1.165, 1.54) is 0 Å². The summed E-state index contributed by atoms with van der Waals surface area (Å²) in [4.78, 5) is 27.8. The summed E-state index contributed by atoms with van der Waals surface area (Å²) in [6.07, 6.45) is 2.74. The molecule has 0 spiro atoms. The topological polar surface area (TPSA) is 80.4 Å². The van der Waals surface area contributed by atoms with Crippen LogP contribution in [0.2, 0.25) is 5.02 Å². The second-order valence-electron chi connectivity index (χ2n) is 7.24. The van der Waals surface area contributed by atoms with Crippen molar-refractivity contribution >= 4 is 23.4 Å². The van der Waals surface area contributed by atoms with E-state index in [1.54, 1.807) is 12.1 Å². The highest BCUT2D eigenvalue weighted by Crippen LogP contribution is 2.22. The van der Waals surface area contributed by atoms with E-state index >= 15 is 0 Å². The van der Waals surface area contributed by atoms with Crippen LogP contribution < -0.4 is 0 Å². The molecule has 3 rings (SSSR count). The van der Waals surface area contributed by atoms with E-state index in [0.29, 0.717) is 36.5 Å². The highest BCUT2D eigenvalue weighted by atomic mass is 35.5. The molecule has 1 heterocycles. The van der Waals surface area contributed by atoms with Gasteiger partial charge < -0.3 is 9.52 Å². The SMILES string of the molecule is Cc1ccc(C[C@H](CC(=O)Cc2ccc(Cl)cc2)Cc2ocnc2C(=O)O)cc1. The molecule has 0 amide bonds. The van der Waals surface area contributed by atoms with E-state index in [9.17, 15) is 14.7 Å². The van der Waals surface area contributed by atoms with Crippen molar-refractivity contribution in [3.05, 3.63) is 88.1 Å². The number of ketones is 1. The maximum Gasteiger partial charge on any atom is 0.358 e. The molecule has 0 aliphatic carbocycles. The molecule has 0 aliphatic heterocycles. The molecule has 0 saturated heterocycles. The van der Waals surface area contributed by atoms with Gasteiger partial charge in [-0.15, -0.1) is 0 Å². The molecule has 0 aliphatic rings. The van der Waals surface area contributed by atoms with Crippen molar-refractivity contribution in [2.75, 3.05) is 0 Å². The number of halogens is 1. The van der Waals surface area contributed by atoms with Crippen molar-refractivity contribution in [2.24, 2.45) is 5.92 Å². The maximum absolute atomic E-state index is 12.7. The molecule has 150 valence electrons. The van der Waals surface area contributed by atoms with Crippen molar-refractivity contribution in [3.63, 3.8) is 0 Å². The molecular formula is C23H22ClNO4. The lowest BCUT2D eigenvalue weighted by molar-refractivity contribution is -0.119. The van der Waals surface area contributed by atoms with Gasteiger partial charge in [-0.05, 0) is 42.5 Å². The lowest BCUT2D eigenvalue weighted by atomic mass is 9.88. The van der Waals surface area contributed by atoms with Crippen LogP contribution in [0.4, 0.5) is 0 Å². The summed E-state index contributed by atoms with van der Waals surface area (Å²) in [6, 6.07) is 15.3. The number of rotatable bonds is 9. The van der Waals surface area contributed by atoms with Crippen LogP contribution >= 0.6 is 11.6 Å². The summed E-state index contributed by atoms with van der Waals surface area (Å²) in [7, 11) is 0. The predicted molar refractivity (Wildman–Crippen MR) is 110 cm³/mol. The van der Waals surface area contributed by atoms with Crippen molar-refractivity contribution in [2.45, 2.75) is 32.6 Å². The van der Waals surface area contributed by atoms with E-state index < -0.39 is 5.97 Å². The van der Waals surface area contributed by atoms with Crippen molar-refractivity contribution in [1.82, 2.24) is 4.98 Å². The summed E-state index contributed by atoms with van der Waals surface area (Å²) in [5.41, 5.74) is 3.06. The van der Waals surface area contributed by atoms with Crippen molar-refractivity contribution < 1.29 is 19.1 Å². The summed E-state index contributed by atoms with van der Waals surface area (Å²) in [5, 5.41) is 9.92. The second kappa shape index (κ2) is 9.52. The Hall–Kier alpha value is -2.92. The number of aromatic carboxylic acids is 1. The number of Topliss-reactive ketones (excluding diaryl/α,β-unsaturated/α-hetero) is 1. The standard InChI is InChI=1S/C23H22ClNO4/c1-15-2-4-16(5-3-15)10-18(13-21-22(23(27)28)25-14-29-21)12-20(26)11-17-6-8-19(24)9-7-17/h2-9,14,18H,10-13H2,1H3,(H,27,28)/t18-/m1/s1. The minimum atomic E-state index is -1.13. The van der Waals surface area contributed by atoms with E-state index in [1.807, 2.05) is 43.3 Å². The lowest BCUT2D eigenvalue weighted by Gasteiger charge is -2.16. The zero-order chi connectivity index (χ0) is 20.8. The normalized spacial score (nSPS) is 11.9. The molecular weight excluding hydrogens is 390 g/mol. The lowest BCUT2D eigenvalue weighted by Crippen LogP contribution is -2.17. The number of carboxylic acids is 1. The fourth-order valence-electron chi connectivity index (χ4n) is 3.35. The van der Waals surface area contributed by atoms with Crippen LogP contribution in [-0.4, -0.2) is 21.8 Å². The Morgan fingerprint density at radius 2 is 1.69 bits per heavy atom. The first-order chi connectivity index (χ1) is 13.9. The largest absolute Gasteiger partial charge is 0.476 e. The van der Waals surface area contributed by atoms with Gasteiger partial charge in [-0.25, -0.2) is 9.78 Å². The van der Waals surface area contributed by atoms with Gasteiger partial charge in [0.15, 0.2) is 12.1 Å². The zero-order valence-corrected chi connectivity index (χ0v) is 16.9. The molecule has 3 aromatic rings.